The molecular formula is C51H31N3S. The van der Waals surface area contributed by atoms with Crippen LogP contribution in [0.5, 0.6) is 0 Å². The van der Waals surface area contributed by atoms with E-state index in [1.807, 2.05) is 6.07 Å². The lowest BCUT2D eigenvalue weighted by Crippen LogP contribution is -2.00. The molecule has 0 amide bonds. The SMILES string of the molecule is c1ccc(-c2cccc(-c3nc(-c4ccc(-c5c6ccccc6cc6c5ccc5ccccc56)cc4)nc(-c4cccc5c4sc4ccccc45)n3)c2)cc1. The lowest BCUT2D eigenvalue weighted by molar-refractivity contribution is 1.08. The fourth-order valence-electron chi connectivity index (χ4n) is 8.06. The van der Waals surface area contributed by atoms with Gasteiger partial charge >= 0.3 is 0 Å². The van der Waals surface area contributed by atoms with Gasteiger partial charge in [0.25, 0.3) is 0 Å². The van der Waals surface area contributed by atoms with Gasteiger partial charge < -0.3 is 0 Å². The first kappa shape index (κ1) is 31.5. The van der Waals surface area contributed by atoms with E-state index in [2.05, 4.69) is 182 Å². The molecule has 11 aromatic rings. The Bertz CT molecular complexity index is 3260. The summed E-state index contributed by atoms with van der Waals surface area (Å²) in [6.07, 6.45) is 0. The summed E-state index contributed by atoms with van der Waals surface area (Å²) in [5.74, 6) is 1.95. The first-order valence-corrected chi connectivity index (χ1v) is 19.3. The molecule has 9 aromatic carbocycles. The maximum absolute atomic E-state index is 5.22. The van der Waals surface area contributed by atoms with E-state index in [0.29, 0.717) is 17.5 Å². The van der Waals surface area contributed by atoms with Crippen LogP contribution < -0.4 is 0 Å². The smallest absolute Gasteiger partial charge is 0.165 e. The molecule has 0 aliphatic carbocycles. The zero-order chi connectivity index (χ0) is 36.3. The van der Waals surface area contributed by atoms with Crippen LogP contribution in [-0.4, -0.2) is 15.0 Å². The van der Waals surface area contributed by atoms with E-state index in [4.69, 9.17) is 15.0 Å². The fourth-order valence-corrected chi connectivity index (χ4v) is 9.28. The molecule has 0 bridgehead atoms. The Hall–Kier alpha value is -7.01. The molecule has 0 spiro atoms. The van der Waals surface area contributed by atoms with Crippen molar-refractivity contribution >= 4 is 63.8 Å². The lowest BCUT2D eigenvalue weighted by atomic mass is 9.89. The van der Waals surface area contributed by atoms with E-state index in [1.165, 1.54) is 58.1 Å². The lowest BCUT2D eigenvalue weighted by Gasteiger charge is -2.14. The van der Waals surface area contributed by atoms with Gasteiger partial charge in [0.05, 0.1) is 0 Å². The van der Waals surface area contributed by atoms with Crippen LogP contribution in [0, 0.1) is 0 Å². The molecule has 0 aliphatic heterocycles. The van der Waals surface area contributed by atoms with Gasteiger partial charge in [-0.3, -0.25) is 0 Å². The highest BCUT2D eigenvalue weighted by Crippen LogP contribution is 2.42. The van der Waals surface area contributed by atoms with Crippen LogP contribution >= 0.6 is 11.3 Å². The van der Waals surface area contributed by atoms with Crippen LogP contribution in [0.2, 0.25) is 0 Å². The molecule has 0 saturated carbocycles. The number of rotatable bonds is 5. The average Bonchev–Trinajstić information content (AvgIpc) is 3.65. The number of fused-ring (bicyclic) bond motifs is 7. The third-order valence-corrected chi connectivity index (χ3v) is 11.9. The Kier molecular flexibility index (Phi) is 7.35. The molecule has 3 nitrogen and oxygen atoms in total. The molecule has 256 valence electrons. The molecule has 0 radical (unpaired) electrons. The normalized spacial score (nSPS) is 11.6. The first-order valence-electron chi connectivity index (χ1n) is 18.5. The number of hydrogen-bond acceptors (Lipinski definition) is 4. The Morgan fingerprint density at radius 1 is 0.309 bits per heavy atom. The minimum Gasteiger partial charge on any atom is -0.208 e. The van der Waals surface area contributed by atoms with Crippen molar-refractivity contribution in [3.63, 3.8) is 0 Å². The second-order valence-corrected chi connectivity index (χ2v) is 15.0. The molecule has 11 rings (SSSR count). The summed E-state index contributed by atoms with van der Waals surface area (Å²) in [5, 5.41) is 9.93. The quantitative estimate of drug-likeness (QED) is 0.131. The van der Waals surface area contributed by atoms with E-state index in [0.717, 1.165) is 33.4 Å². The van der Waals surface area contributed by atoms with Gasteiger partial charge in [-0.15, -0.1) is 11.3 Å². The number of aromatic nitrogens is 3. The molecular weight excluding hydrogens is 687 g/mol. The van der Waals surface area contributed by atoms with Crippen molar-refractivity contribution in [2.75, 3.05) is 0 Å². The Morgan fingerprint density at radius 2 is 0.927 bits per heavy atom. The Balaban J connectivity index is 1.09. The number of nitrogens with zero attached hydrogens (tertiary/aromatic N) is 3. The highest BCUT2D eigenvalue weighted by Gasteiger charge is 2.18. The molecule has 55 heavy (non-hydrogen) atoms. The monoisotopic (exact) mass is 717 g/mol. The number of hydrogen-bond donors (Lipinski definition) is 0. The van der Waals surface area contributed by atoms with Gasteiger partial charge in [-0.2, -0.15) is 0 Å². The van der Waals surface area contributed by atoms with E-state index in [-0.39, 0.29) is 0 Å². The predicted octanol–water partition coefficient (Wildman–Crippen LogP) is 14.0. The summed E-state index contributed by atoms with van der Waals surface area (Å²) in [7, 11) is 0. The van der Waals surface area contributed by atoms with Crippen molar-refractivity contribution in [3.8, 4) is 56.4 Å². The largest absolute Gasteiger partial charge is 0.208 e. The van der Waals surface area contributed by atoms with Crippen LogP contribution in [0.1, 0.15) is 0 Å². The highest BCUT2D eigenvalue weighted by atomic mass is 32.1. The Labute approximate surface area is 321 Å². The van der Waals surface area contributed by atoms with Crippen molar-refractivity contribution in [1.29, 1.82) is 0 Å². The standard InChI is InChI=1S/C51H31N3S/c1-2-12-32(13-3-1)36-16-10-17-38(30-36)50-52-49(53-51(54-50)44-22-11-21-43-41-20-8-9-23-46(41)55-48(43)44)35-26-24-34(25-27-35)47-40-19-7-5-15-37(40)31-45-39-18-6-4-14-33(39)28-29-42(45)47/h1-31H. The van der Waals surface area contributed by atoms with Gasteiger partial charge in [-0.25, -0.2) is 15.0 Å². The van der Waals surface area contributed by atoms with E-state index in [9.17, 15) is 0 Å². The van der Waals surface area contributed by atoms with Crippen LogP contribution in [0.3, 0.4) is 0 Å². The van der Waals surface area contributed by atoms with Crippen molar-refractivity contribution in [1.82, 2.24) is 15.0 Å². The molecule has 0 unspecified atom stereocenters. The summed E-state index contributed by atoms with van der Waals surface area (Å²) in [5.41, 5.74) is 7.55. The zero-order valence-electron chi connectivity index (χ0n) is 29.6. The average molecular weight is 718 g/mol. The van der Waals surface area contributed by atoms with Gasteiger partial charge in [0.15, 0.2) is 17.5 Å². The third kappa shape index (κ3) is 5.38. The second kappa shape index (κ2) is 12.8. The van der Waals surface area contributed by atoms with Gasteiger partial charge in [0.1, 0.15) is 0 Å². The number of thiophene rings is 1. The van der Waals surface area contributed by atoms with Crippen LogP contribution in [0.4, 0.5) is 0 Å². The van der Waals surface area contributed by atoms with Crippen molar-refractivity contribution in [3.05, 3.63) is 188 Å². The van der Waals surface area contributed by atoms with Gasteiger partial charge in [-0.05, 0) is 78.8 Å². The van der Waals surface area contributed by atoms with Crippen molar-refractivity contribution in [2.45, 2.75) is 0 Å². The molecule has 0 aliphatic rings. The second-order valence-electron chi connectivity index (χ2n) is 14.0. The molecule has 0 fully saturated rings. The molecule has 0 saturated heterocycles. The van der Waals surface area contributed by atoms with Gasteiger partial charge in [0, 0.05) is 36.9 Å². The Morgan fingerprint density at radius 3 is 1.78 bits per heavy atom. The fraction of sp³-hybridized carbons (Fsp3) is 0. The minimum atomic E-state index is 0.642. The topological polar surface area (TPSA) is 38.7 Å². The summed E-state index contributed by atoms with van der Waals surface area (Å²) in [4.78, 5) is 15.6. The van der Waals surface area contributed by atoms with Gasteiger partial charge in [0.2, 0.25) is 0 Å². The molecule has 2 heterocycles. The molecule has 4 heteroatoms. The molecule has 0 atom stereocenters. The molecule has 0 N–H and O–H groups in total. The predicted molar refractivity (Wildman–Crippen MR) is 232 cm³/mol. The van der Waals surface area contributed by atoms with E-state index in [1.54, 1.807) is 11.3 Å². The van der Waals surface area contributed by atoms with E-state index < -0.39 is 0 Å². The highest BCUT2D eigenvalue weighted by molar-refractivity contribution is 7.26. The molecule has 2 aromatic heterocycles. The van der Waals surface area contributed by atoms with Crippen molar-refractivity contribution in [2.24, 2.45) is 0 Å². The maximum atomic E-state index is 5.22. The van der Waals surface area contributed by atoms with Crippen molar-refractivity contribution < 1.29 is 0 Å². The third-order valence-electron chi connectivity index (χ3n) is 10.7. The van der Waals surface area contributed by atoms with Crippen LogP contribution in [0.25, 0.3) is 109 Å². The van der Waals surface area contributed by atoms with Crippen LogP contribution in [0.15, 0.2) is 188 Å². The summed E-state index contributed by atoms with van der Waals surface area (Å²) in [6, 6.07) is 66.9. The first-order chi connectivity index (χ1) is 27.2. The summed E-state index contributed by atoms with van der Waals surface area (Å²) in [6.45, 7) is 0. The van der Waals surface area contributed by atoms with E-state index >= 15 is 0 Å². The van der Waals surface area contributed by atoms with Crippen LogP contribution in [-0.2, 0) is 0 Å². The maximum Gasteiger partial charge on any atom is 0.165 e. The zero-order valence-corrected chi connectivity index (χ0v) is 30.5. The summed E-state index contributed by atoms with van der Waals surface area (Å²) >= 11 is 1.79. The van der Waals surface area contributed by atoms with Gasteiger partial charge in [-0.1, -0.05) is 164 Å². The minimum absolute atomic E-state index is 0.642. The number of benzene rings is 9. The summed E-state index contributed by atoms with van der Waals surface area (Å²) < 4.78 is 2.43.